The van der Waals surface area contributed by atoms with Crippen LogP contribution in [0.1, 0.15) is 97.6 Å². The van der Waals surface area contributed by atoms with Crippen LogP contribution in [-0.2, 0) is 171 Å². The average molecular weight is 2120 g/mol. The van der Waals surface area contributed by atoms with Gasteiger partial charge in [-0.2, -0.15) is 0 Å². The molecule has 1 aliphatic carbocycles. The predicted molar refractivity (Wildman–Crippen MR) is 555 cm³/mol. The molecule has 0 aliphatic heterocycles. The number of alkyl carbamates (subject to hydrolysis) is 1. The zero-order valence-corrected chi connectivity index (χ0v) is 90.5. The first-order valence-electron chi connectivity index (χ1n) is 53.0. The molecule has 5 rings (SSSR count). The fraction of sp³-hybridized carbons (Fsp3) is 0.761. The first kappa shape index (κ1) is 132. The van der Waals surface area contributed by atoms with Gasteiger partial charge in [-0.25, -0.2) is 4.79 Å². The highest BCUT2D eigenvalue weighted by atomic mass is 16.6. The molecule has 0 fully saturated rings. The maximum absolute atomic E-state index is 12.2. The highest BCUT2D eigenvalue weighted by Gasteiger charge is 2.43. The minimum absolute atomic E-state index is 0.209. The molecule has 4 aromatic rings. The van der Waals surface area contributed by atoms with E-state index in [1.165, 1.54) is 22.3 Å². The molecule has 39 nitrogen and oxygen atoms in total. The minimum atomic E-state index is -0.562. The number of hydrogen-bond acceptors (Lipinski definition) is 38. The van der Waals surface area contributed by atoms with Gasteiger partial charge in [-0.1, -0.05) is 48.5 Å². The summed E-state index contributed by atoms with van der Waals surface area (Å²) in [4.78, 5) is 24.0. The summed E-state index contributed by atoms with van der Waals surface area (Å²) in [5.74, 6) is 1.23. The van der Waals surface area contributed by atoms with Gasteiger partial charge in [-0.15, -0.1) is 0 Å². The van der Waals surface area contributed by atoms with Gasteiger partial charge >= 0.3 is 12.1 Å². The van der Waals surface area contributed by atoms with E-state index in [9.17, 15) is 9.59 Å². The molecule has 0 saturated heterocycles. The fourth-order valence-corrected chi connectivity index (χ4v) is 14.2. The lowest BCUT2D eigenvalue weighted by Crippen LogP contribution is -2.33. The Balaban J connectivity index is 1.04. The number of methoxy groups -OCH3 is 2. The molecule has 0 radical (unpaired) electrons. The van der Waals surface area contributed by atoms with Gasteiger partial charge in [0.1, 0.15) is 29.3 Å². The smallest absolute Gasteiger partial charge is 0.407 e. The van der Waals surface area contributed by atoms with Crippen molar-refractivity contribution in [1.29, 1.82) is 0 Å². The third-order valence-electron chi connectivity index (χ3n) is 21.3. The predicted octanol–water partition coefficient (Wildman–Crippen LogP) is 11.4. The monoisotopic (exact) mass is 2110 g/mol. The second-order valence-electron chi connectivity index (χ2n) is 35.4. The Hall–Kier alpha value is -6.06. The molecule has 0 saturated carbocycles. The van der Waals surface area contributed by atoms with Gasteiger partial charge in [-0.05, 0) is 161 Å². The van der Waals surface area contributed by atoms with Crippen molar-refractivity contribution in [3.05, 3.63) is 96.1 Å². The highest BCUT2D eigenvalue weighted by Crippen LogP contribution is 2.55. The Labute approximate surface area is 881 Å². The van der Waals surface area contributed by atoms with Crippen LogP contribution in [0.2, 0.25) is 0 Å². The van der Waals surface area contributed by atoms with E-state index >= 15 is 0 Å². The summed E-state index contributed by atoms with van der Waals surface area (Å²) in [5.41, 5.74) is 7.73. The average Bonchev–Trinajstić information content (AvgIpc) is 1.56. The Morgan fingerprint density at radius 1 is 0.223 bits per heavy atom. The van der Waals surface area contributed by atoms with E-state index in [0.29, 0.717) is 429 Å². The van der Waals surface area contributed by atoms with Crippen molar-refractivity contribution in [2.45, 2.75) is 103 Å². The topological polar surface area (TPSA) is 378 Å². The van der Waals surface area contributed by atoms with Crippen molar-refractivity contribution in [1.82, 2.24) is 5.32 Å². The van der Waals surface area contributed by atoms with Crippen LogP contribution in [0, 0.1) is 0 Å². The Kier molecular flexibility index (Phi) is 84.5. The molecule has 0 unspecified atom stereocenters. The molecule has 0 aromatic heterocycles. The quantitative estimate of drug-likeness (QED) is 0.0317. The number of carbonyl (C=O) groups excluding carboxylic acids is 2. The Morgan fingerprint density at radius 2 is 0.432 bits per heavy atom. The molecule has 0 atom stereocenters. The molecule has 852 valence electrons. The van der Waals surface area contributed by atoms with Crippen LogP contribution < -0.4 is 14.8 Å². The number of benzene rings is 4. The maximum Gasteiger partial charge on any atom is 0.407 e. The number of amides is 1. The number of rotatable bonds is 110. The van der Waals surface area contributed by atoms with E-state index in [2.05, 4.69) is 66.0 Å². The van der Waals surface area contributed by atoms with E-state index < -0.39 is 22.7 Å². The van der Waals surface area contributed by atoms with Gasteiger partial charge in [-0.3, -0.25) is 4.79 Å². The normalized spacial score (nSPS) is 12.4. The fourth-order valence-electron chi connectivity index (χ4n) is 14.2. The first-order chi connectivity index (χ1) is 72.7. The van der Waals surface area contributed by atoms with Crippen LogP contribution >= 0.6 is 0 Å². The van der Waals surface area contributed by atoms with Crippen LogP contribution in [0.3, 0.4) is 0 Å². The molecule has 4 aromatic carbocycles. The van der Waals surface area contributed by atoms with Crippen molar-refractivity contribution >= 4 is 12.1 Å². The molecule has 1 amide bonds. The van der Waals surface area contributed by atoms with Crippen molar-refractivity contribution < 1.29 is 180 Å². The summed E-state index contributed by atoms with van der Waals surface area (Å²) in [7, 11) is 3.29. The Bertz CT molecular complexity index is 3570. The molecule has 1 N–H and O–H groups in total. The molecule has 1 aliphatic rings. The van der Waals surface area contributed by atoms with Crippen LogP contribution in [0.4, 0.5) is 4.79 Å². The highest BCUT2D eigenvalue weighted by molar-refractivity contribution is 5.86. The number of fused-ring (bicyclic) bond motifs is 3. The number of unbranched alkanes of at least 4 members (excludes halogenated alkanes) is 1. The lowest BCUT2D eigenvalue weighted by atomic mass is 9.70. The van der Waals surface area contributed by atoms with Crippen molar-refractivity contribution in [2.24, 2.45) is 0 Å². The van der Waals surface area contributed by atoms with E-state index in [0.717, 1.165) is 72.3 Å². The standard InChI is InChI=1S/C109H183NO38/c1-107(2,3)147-105(111)25-32-117-39-42-122-49-52-127-59-62-132-69-72-141-85-86-142-87-88-143-89-90-144-91-92-146-100-21-15-96(16-22-100)98-18-24-102-101-23-17-97(95-13-19-99(20-14-95)145-31-10-9-28-110-106(112)148-108(4,5)6)93-103(101)109(104(102)94-98,26-11-29-115-37-40-120-47-50-125-57-60-130-67-70-135-77-79-139-83-81-137-75-73-133-65-63-128-55-53-123-45-43-118-35-33-113-7)27-12-30-116-38-41-121-48-51-126-58-61-131-68-71-136-78-80-140-84-82-138-76-74-134-66-64-129-56-54-124-46-44-119-36-34-114-8/h13-24,93-94H,9-12,25-92H2,1-8H3,(H,110,112). The van der Waals surface area contributed by atoms with Crippen LogP contribution in [-0.4, -0.2) is 467 Å². The first-order valence-corrected chi connectivity index (χ1v) is 53.0. The molecular formula is C109H183NO38. The third-order valence-corrected chi connectivity index (χ3v) is 21.3. The minimum Gasteiger partial charge on any atom is -0.494 e. The lowest BCUT2D eigenvalue weighted by Gasteiger charge is -2.33. The van der Waals surface area contributed by atoms with E-state index in [-0.39, 0.29) is 12.4 Å². The van der Waals surface area contributed by atoms with Gasteiger partial charge in [0, 0.05) is 39.4 Å². The number of carbonyl (C=O) groups is 2. The molecule has 0 heterocycles. The molecular weight excluding hydrogens is 1930 g/mol. The van der Waals surface area contributed by atoms with Gasteiger partial charge < -0.3 is 176 Å². The van der Waals surface area contributed by atoms with Crippen LogP contribution in [0.25, 0.3) is 33.4 Å². The van der Waals surface area contributed by atoms with Gasteiger partial charge in [0.25, 0.3) is 0 Å². The third kappa shape index (κ3) is 74.1. The SMILES string of the molecule is COCCOCCOCCOCCOCCOCCOCCOCCOCCOCCOCCOCCCC1(CCCOCCOCCOCCOCCOCCOCCOCCOCCOCCOCCOCCOC)c2cc(-c3ccc(OCCCCNC(=O)OC(C)(C)C)cc3)ccc2-c2ccc(-c3ccc(OCCOCCOCCOCCOCCOCCOCCOCCOCCC(=O)OC(C)(C)C)cc3)cc21. The lowest BCUT2D eigenvalue weighted by molar-refractivity contribution is -0.156. The molecule has 148 heavy (non-hydrogen) atoms. The van der Waals surface area contributed by atoms with Crippen molar-refractivity contribution in [2.75, 3.05) is 444 Å². The van der Waals surface area contributed by atoms with E-state index in [4.69, 9.17) is 171 Å². The summed E-state index contributed by atoms with van der Waals surface area (Å²) < 4.78 is 203. The van der Waals surface area contributed by atoms with E-state index in [1.807, 2.05) is 65.8 Å². The maximum atomic E-state index is 12.2. The molecule has 0 bridgehead atoms. The summed E-state index contributed by atoms with van der Waals surface area (Å²) in [6.07, 6.45) is 4.45. The van der Waals surface area contributed by atoms with Crippen LogP contribution in [0.5, 0.6) is 11.5 Å². The summed E-state index contributed by atoms with van der Waals surface area (Å²) in [6.45, 7) is 41.3. The summed E-state index contributed by atoms with van der Waals surface area (Å²) in [5, 5.41) is 2.83. The van der Waals surface area contributed by atoms with Gasteiger partial charge in [0.05, 0.1) is 409 Å². The van der Waals surface area contributed by atoms with Gasteiger partial charge in [0.15, 0.2) is 0 Å². The second kappa shape index (κ2) is 94.5. The van der Waals surface area contributed by atoms with Crippen molar-refractivity contribution in [3.63, 3.8) is 0 Å². The van der Waals surface area contributed by atoms with Gasteiger partial charge in [0.2, 0.25) is 0 Å². The zero-order valence-electron chi connectivity index (χ0n) is 90.5. The number of hydrogen-bond donors (Lipinski definition) is 1. The second-order valence-corrected chi connectivity index (χ2v) is 35.4. The van der Waals surface area contributed by atoms with E-state index in [1.54, 1.807) is 14.2 Å². The van der Waals surface area contributed by atoms with Crippen molar-refractivity contribution in [3.8, 4) is 44.9 Å². The zero-order chi connectivity index (χ0) is 105. The summed E-state index contributed by atoms with van der Waals surface area (Å²) >= 11 is 0. The van der Waals surface area contributed by atoms with Crippen LogP contribution in [0.15, 0.2) is 84.9 Å². The largest absolute Gasteiger partial charge is 0.494 e. The number of ether oxygens (including phenoxy) is 36. The molecule has 0 spiro atoms. The Morgan fingerprint density at radius 3 is 0.669 bits per heavy atom. The summed E-state index contributed by atoms with van der Waals surface area (Å²) in [6, 6.07) is 30.3. The molecule has 39 heteroatoms. The number of esters is 1. The number of nitrogens with one attached hydrogen (secondary N) is 1.